The zero-order valence-corrected chi connectivity index (χ0v) is 17.7. The molecule has 0 bridgehead atoms. The van der Waals surface area contributed by atoms with E-state index in [1.807, 2.05) is 0 Å². The van der Waals surface area contributed by atoms with E-state index < -0.39 is 0 Å². The molecule has 0 aromatic heterocycles. The van der Waals surface area contributed by atoms with E-state index in [0.717, 1.165) is 25.5 Å². The highest BCUT2D eigenvalue weighted by atomic mass is 127. The third-order valence-corrected chi connectivity index (χ3v) is 4.77. The molecule has 25 heavy (non-hydrogen) atoms. The summed E-state index contributed by atoms with van der Waals surface area (Å²) >= 11 is 0. The van der Waals surface area contributed by atoms with Crippen molar-refractivity contribution in [1.29, 1.82) is 0 Å². The molecule has 1 saturated carbocycles. The first-order chi connectivity index (χ1) is 11.5. The fourth-order valence-corrected chi connectivity index (χ4v) is 3.08. The lowest BCUT2D eigenvalue weighted by molar-refractivity contribution is -0.127. The van der Waals surface area contributed by atoms with Gasteiger partial charge in [-0.2, -0.15) is 0 Å². The molecular weight excluding hydrogens is 427 g/mol. The van der Waals surface area contributed by atoms with Gasteiger partial charge in [-0.15, -0.1) is 24.0 Å². The van der Waals surface area contributed by atoms with Crippen molar-refractivity contribution in [3.8, 4) is 0 Å². The van der Waals surface area contributed by atoms with Crippen LogP contribution in [0, 0.1) is 6.92 Å². The quantitative estimate of drug-likeness (QED) is 0.431. The van der Waals surface area contributed by atoms with Gasteiger partial charge in [-0.3, -0.25) is 4.79 Å². The van der Waals surface area contributed by atoms with Crippen molar-refractivity contribution in [2.45, 2.75) is 38.1 Å². The molecule has 1 atom stereocenters. The molecular formula is C19H29IN4O. The Labute approximate surface area is 167 Å². The first-order valence-electron chi connectivity index (χ1n) is 8.85. The van der Waals surface area contributed by atoms with Gasteiger partial charge in [0.1, 0.15) is 6.54 Å². The minimum atomic E-state index is 0. The molecule has 5 nitrogen and oxygen atoms in total. The molecule has 2 aliphatic rings. The maximum Gasteiger partial charge on any atom is 0.243 e. The highest BCUT2D eigenvalue weighted by molar-refractivity contribution is 14.0. The third kappa shape index (κ3) is 5.59. The van der Waals surface area contributed by atoms with Gasteiger partial charge >= 0.3 is 0 Å². The van der Waals surface area contributed by atoms with Crippen LogP contribution >= 0.6 is 24.0 Å². The summed E-state index contributed by atoms with van der Waals surface area (Å²) < 4.78 is 0. The predicted octanol–water partition coefficient (Wildman–Crippen LogP) is 2.60. The summed E-state index contributed by atoms with van der Waals surface area (Å²) in [6.45, 7) is 4.32. The zero-order valence-electron chi connectivity index (χ0n) is 15.4. The lowest BCUT2D eigenvalue weighted by atomic mass is 9.97. The highest BCUT2D eigenvalue weighted by Gasteiger charge is 2.30. The number of hydrogen-bond acceptors (Lipinski definition) is 2. The number of likely N-dealkylation sites (tertiary alicyclic amines) is 1. The van der Waals surface area contributed by atoms with Crippen molar-refractivity contribution in [1.82, 2.24) is 15.1 Å². The first kappa shape index (κ1) is 20.0. The number of nitrogens with one attached hydrogen (secondary N) is 1. The molecule has 1 amide bonds. The van der Waals surface area contributed by atoms with Gasteiger partial charge in [0.15, 0.2) is 5.96 Å². The van der Waals surface area contributed by atoms with Crippen LogP contribution in [0.25, 0.3) is 0 Å². The molecule has 138 valence electrons. The smallest absolute Gasteiger partial charge is 0.243 e. The van der Waals surface area contributed by atoms with E-state index in [1.54, 1.807) is 19.0 Å². The van der Waals surface area contributed by atoms with Crippen molar-refractivity contribution >= 4 is 35.8 Å². The number of nitrogens with zero attached hydrogens (tertiary/aromatic N) is 3. The summed E-state index contributed by atoms with van der Waals surface area (Å²) in [4.78, 5) is 20.4. The number of amides is 1. The molecule has 2 fully saturated rings. The van der Waals surface area contributed by atoms with Crippen LogP contribution in [0.3, 0.4) is 0 Å². The van der Waals surface area contributed by atoms with Crippen LogP contribution in [0.1, 0.15) is 36.3 Å². The van der Waals surface area contributed by atoms with E-state index in [1.165, 1.54) is 24.0 Å². The topological polar surface area (TPSA) is 47.9 Å². The number of halogens is 1. The number of hydrogen-bond donors (Lipinski definition) is 1. The van der Waals surface area contributed by atoms with Crippen LogP contribution in [-0.2, 0) is 4.79 Å². The molecule has 1 aliphatic carbocycles. The monoisotopic (exact) mass is 456 g/mol. The Bertz CT molecular complexity index is 628. The summed E-state index contributed by atoms with van der Waals surface area (Å²) in [6.07, 6.45) is 3.54. The molecule has 3 rings (SSSR count). The van der Waals surface area contributed by atoms with Gasteiger partial charge in [0.25, 0.3) is 0 Å². The zero-order chi connectivity index (χ0) is 17.1. The molecule has 0 spiro atoms. The fourth-order valence-electron chi connectivity index (χ4n) is 3.08. The Morgan fingerprint density at radius 3 is 2.72 bits per heavy atom. The van der Waals surface area contributed by atoms with Gasteiger partial charge in [-0.05, 0) is 31.7 Å². The highest BCUT2D eigenvalue weighted by Crippen LogP contribution is 2.28. The maximum atomic E-state index is 11.9. The Kier molecular flexibility index (Phi) is 7.10. The molecule has 1 heterocycles. The van der Waals surface area contributed by atoms with Crippen molar-refractivity contribution in [3.05, 3.63) is 35.4 Å². The number of aliphatic imine (C=N–C) groups is 1. The van der Waals surface area contributed by atoms with Gasteiger partial charge in [0, 0.05) is 39.1 Å². The lowest BCUT2D eigenvalue weighted by Crippen LogP contribution is -2.42. The van der Waals surface area contributed by atoms with Gasteiger partial charge < -0.3 is 15.1 Å². The number of benzene rings is 1. The van der Waals surface area contributed by atoms with Crippen LogP contribution in [0.5, 0.6) is 0 Å². The largest absolute Gasteiger partial charge is 0.353 e. The molecule has 0 radical (unpaired) electrons. The van der Waals surface area contributed by atoms with Gasteiger partial charge in [-0.25, -0.2) is 4.99 Å². The summed E-state index contributed by atoms with van der Waals surface area (Å²) in [6, 6.07) is 9.33. The third-order valence-electron chi connectivity index (χ3n) is 4.77. The number of carbonyl (C=O) groups excluding carboxylic acids is 1. The molecule has 1 unspecified atom stereocenters. The number of carbonyl (C=O) groups is 1. The van der Waals surface area contributed by atoms with Crippen LogP contribution in [0.2, 0.25) is 0 Å². The van der Waals surface area contributed by atoms with E-state index >= 15 is 0 Å². The van der Waals surface area contributed by atoms with E-state index in [2.05, 4.69) is 46.4 Å². The predicted molar refractivity (Wildman–Crippen MR) is 113 cm³/mol. The Balaban J connectivity index is 0.00000225. The average Bonchev–Trinajstić information content (AvgIpc) is 3.24. The second-order valence-corrected chi connectivity index (χ2v) is 7.19. The normalized spacial score (nSPS) is 20.2. The Hall–Kier alpha value is -1.31. The molecule has 1 saturated heterocycles. The van der Waals surface area contributed by atoms with Crippen molar-refractivity contribution in [2.75, 3.05) is 33.7 Å². The number of likely N-dealkylation sites (N-methyl/N-ethyl adjacent to an activating group) is 1. The number of guanidine groups is 1. The Morgan fingerprint density at radius 2 is 2.08 bits per heavy atom. The summed E-state index contributed by atoms with van der Waals surface area (Å²) in [5, 5.41) is 3.52. The van der Waals surface area contributed by atoms with E-state index in [9.17, 15) is 4.79 Å². The van der Waals surface area contributed by atoms with E-state index in [4.69, 9.17) is 0 Å². The van der Waals surface area contributed by atoms with Crippen molar-refractivity contribution < 1.29 is 4.79 Å². The minimum Gasteiger partial charge on any atom is -0.353 e. The number of rotatable bonds is 4. The molecule has 1 aliphatic heterocycles. The first-order valence-corrected chi connectivity index (χ1v) is 8.85. The van der Waals surface area contributed by atoms with Crippen molar-refractivity contribution in [2.24, 2.45) is 4.99 Å². The van der Waals surface area contributed by atoms with Crippen molar-refractivity contribution in [3.63, 3.8) is 0 Å². The Morgan fingerprint density at radius 1 is 1.32 bits per heavy atom. The summed E-state index contributed by atoms with van der Waals surface area (Å²) in [5.74, 6) is 1.49. The average molecular weight is 456 g/mol. The van der Waals surface area contributed by atoms with Gasteiger partial charge in [0.05, 0.1) is 0 Å². The fraction of sp³-hybridized carbons (Fsp3) is 0.579. The second-order valence-electron chi connectivity index (χ2n) is 7.19. The minimum absolute atomic E-state index is 0. The van der Waals surface area contributed by atoms with Crippen LogP contribution in [-0.4, -0.2) is 61.4 Å². The summed E-state index contributed by atoms with van der Waals surface area (Å²) in [5.41, 5.74) is 2.72. The molecule has 6 heteroatoms. The molecule has 1 N–H and O–H groups in total. The second kappa shape index (κ2) is 8.87. The SMILES string of the molecule is Cc1cccc(C2CCN(C(=NCC(=O)N(C)C)NC3CC3)C2)c1.I. The van der Waals surface area contributed by atoms with Gasteiger partial charge in [-0.1, -0.05) is 29.8 Å². The van der Waals surface area contributed by atoms with E-state index in [0.29, 0.717) is 12.0 Å². The molecule has 1 aromatic rings. The lowest BCUT2D eigenvalue weighted by Gasteiger charge is -2.22. The molecule has 1 aromatic carbocycles. The van der Waals surface area contributed by atoms with Crippen LogP contribution < -0.4 is 5.32 Å². The van der Waals surface area contributed by atoms with Crippen LogP contribution in [0.15, 0.2) is 29.3 Å². The standard InChI is InChI=1S/C19H28N4O.HI/c1-14-5-4-6-15(11-14)16-9-10-23(13-16)19(21-17-7-8-17)20-12-18(24)22(2)3;/h4-6,11,16-17H,7-10,12-13H2,1-3H3,(H,20,21);1H. The maximum absolute atomic E-state index is 11.9. The van der Waals surface area contributed by atoms with E-state index in [-0.39, 0.29) is 36.4 Å². The summed E-state index contributed by atoms with van der Waals surface area (Å²) in [7, 11) is 3.55. The van der Waals surface area contributed by atoms with Crippen LogP contribution in [0.4, 0.5) is 0 Å². The van der Waals surface area contributed by atoms with Gasteiger partial charge in [0.2, 0.25) is 5.91 Å². The number of aryl methyl sites for hydroxylation is 1.